The molecule has 3 aromatic rings. The number of methoxy groups -OCH3 is 1. The van der Waals surface area contributed by atoms with Crippen molar-refractivity contribution in [2.24, 2.45) is 5.41 Å². The van der Waals surface area contributed by atoms with Crippen molar-refractivity contribution in [1.29, 1.82) is 0 Å². The van der Waals surface area contributed by atoms with Gasteiger partial charge in [0.05, 0.1) is 7.11 Å². The first kappa shape index (κ1) is 18.5. The highest BCUT2D eigenvalue weighted by molar-refractivity contribution is 6.00. The lowest BCUT2D eigenvalue weighted by Gasteiger charge is -2.38. The maximum absolute atomic E-state index is 13.3. The molecule has 1 aliphatic heterocycles. The van der Waals surface area contributed by atoms with E-state index in [9.17, 15) is 4.79 Å². The third kappa shape index (κ3) is 3.07. The third-order valence-electron chi connectivity index (χ3n) is 5.66. The van der Waals surface area contributed by atoms with Gasteiger partial charge in [-0.25, -0.2) is 4.68 Å². The number of Topliss-reactive ketones (excluding diaryl/α,β-unsaturated/α-hetero) is 1. The average molecular weight is 401 g/mol. The predicted molar refractivity (Wildman–Crippen MR) is 113 cm³/mol. The topological polar surface area (TPSA) is 81.9 Å². The lowest BCUT2D eigenvalue weighted by Crippen LogP contribution is -2.36. The molecular weight excluding hydrogens is 378 g/mol. The summed E-state index contributed by atoms with van der Waals surface area (Å²) < 4.78 is 7.25. The molecule has 0 saturated carbocycles. The zero-order valence-electron chi connectivity index (χ0n) is 17.2. The van der Waals surface area contributed by atoms with Crippen LogP contribution in [0.2, 0.25) is 0 Å². The summed E-state index contributed by atoms with van der Waals surface area (Å²) in [5.41, 5.74) is 3.37. The summed E-state index contributed by atoms with van der Waals surface area (Å²) in [7, 11) is 1.64. The Morgan fingerprint density at radius 3 is 2.83 bits per heavy atom. The zero-order valence-corrected chi connectivity index (χ0v) is 17.2. The molecule has 5 rings (SSSR count). The number of allylic oxidation sites excluding steroid dienone is 2. The molecule has 0 spiro atoms. The number of ether oxygens (including phenoxy) is 1. The summed E-state index contributed by atoms with van der Waals surface area (Å²) in [5, 5.41) is 8.17. The van der Waals surface area contributed by atoms with E-state index in [1.165, 1.54) is 0 Å². The minimum absolute atomic E-state index is 0.101. The summed E-state index contributed by atoms with van der Waals surface area (Å²) in [6, 6.07) is 11.2. The number of pyridine rings is 1. The second-order valence-electron chi connectivity index (χ2n) is 8.58. The molecule has 1 aliphatic carbocycles. The molecule has 0 bridgehead atoms. The maximum Gasteiger partial charge on any atom is 0.226 e. The number of anilines is 1. The molecule has 7 heteroatoms. The molecule has 1 N–H and O–H groups in total. The molecule has 0 amide bonds. The van der Waals surface area contributed by atoms with Gasteiger partial charge in [0.2, 0.25) is 5.95 Å². The van der Waals surface area contributed by atoms with Gasteiger partial charge >= 0.3 is 0 Å². The predicted octanol–water partition coefficient (Wildman–Crippen LogP) is 4.01. The Labute approximate surface area is 174 Å². The molecule has 1 unspecified atom stereocenters. The number of fused-ring (bicyclic) bond motifs is 1. The van der Waals surface area contributed by atoms with Crippen LogP contribution in [0.25, 0.3) is 11.4 Å². The van der Waals surface area contributed by atoms with Gasteiger partial charge in [-0.05, 0) is 41.7 Å². The summed E-state index contributed by atoms with van der Waals surface area (Å²) >= 11 is 0. The zero-order chi connectivity index (χ0) is 20.9. The lowest BCUT2D eigenvalue weighted by molar-refractivity contribution is -0.118. The summed E-state index contributed by atoms with van der Waals surface area (Å²) in [6.07, 6.45) is 4.75. The van der Waals surface area contributed by atoms with E-state index in [-0.39, 0.29) is 17.2 Å². The number of rotatable bonds is 3. The molecule has 0 fully saturated rings. The van der Waals surface area contributed by atoms with Gasteiger partial charge in [-0.2, -0.15) is 4.98 Å². The SMILES string of the molecule is COc1cccc(C2C3=C(CC(C)(C)CC3=O)Nc3nc(-c4cccnc4)nn32)c1. The van der Waals surface area contributed by atoms with Crippen LogP contribution in [-0.2, 0) is 4.79 Å². The lowest BCUT2D eigenvalue weighted by atomic mass is 9.73. The highest BCUT2D eigenvalue weighted by atomic mass is 16.5. The van der Waals surface area contributed by atoms with E-state index in [4.69, 9.17) is 14.8 Å². The van der Waals surface area contributed by atoms with E-state index in [0.717, 1.165) is 34.6 Å². The van der Waals surface area contributed by atoms with Crippen molar-refractivity contribution < 1.29 is 9.53 Å². The third-order valence-corrected chi connectivity index (χ3v) is 5.66. The quantitative estimate of drug-likeness (QED) is 0.714. The maximum atomic E-state index is 13.3. The molecule has 0 saturated heterocycles. The van der Waals surface area contributed by atoms with E-state index < -0.39 is 0 Å². The molecule has 30 heavy (non-hydrogen) atoms. The highest BCUT2D eigenvalue weighted by Gasteiger charge is 2.42. The monoisotopic (exact) mass is 401 g/mol. The van der Waals surface area contributed by atoms with E-state index in [1.54, 1.807) is 19.5 Å². The van der Waals surface area contributed by atoms with Crippen molar-refractivity contribution in [3.63, 3.8) is 0 Å². The van der Waals surface area contributed by atoms with Crippen LogP contribution in [0.15, 0.2) is 60.1 Å². The van der Waals surface area contributed by atoms with E-state index >= 15 is 0 Å². The molecule has 2 aliphatic rings. The number of ketones is 1. The molecule has 152 valence electrons. The fourth-order valence-electron chi connectivity index (χ4n) is 4.35. The largest absolute Gasteiger partial charge is 0.497 e. The van der Waals surface area contributed by atoms with Gasteiger partial charge in [0.15, 0.2) is 11.6 Å². The molecule has 3 heterocycles. The first-order valence-corrected chi connectivity index (χ1v) is 9.99. The minimum atomic E-state index is -0.354. The Morgan fingerprint density at radius 2 is 2.07 bits per heavy atom. The Kier molecular flexibility index (Phi) is 4.20. The van der Waals surface area contributed by atoms with Crippen LogP contribution in [-0.4, -0.2) is 32.6 Å². The summed E-state index contributed by atoms with van der Waals surface area (Å²) in [5.74, 6) is 2.09. The van der Waals surface area contributed by atoms with Crippen molar-refractivity contribution in [3.05, 3.63) is 65.6 Å². The number of nitrogens with one attached hydrogen (secondary N) is 1. The van der Waals surface area contributed by atoms with Crippen molar-refractivity contribution in [2.75, 3.05) is 12.4 Å². The van der Waals surface area contributed by atoms with Gasteiger partial charge in [-0.15, -0.1) is 5.10 Å². The van der Waals surface area contributed by atoms with Crippen LogP contribution in [0.4, 0.5) is 5.95 Å². The molecule has 2 aromatic heterocycles. The second kappa shape index (κ2) is 6.79. The number of benzene rings is 1. The van der Waals surface area contributed by atoms with Crippen LogP contribution in [0.5, 0.6) is 5.75 Å². The fraction of sp³-hybridized carbons (Fsp3) is 0.304. The average Bonchev–Trinajstić information content (AvgIpc) is 3.15. The van der Waals surface area contributed by atoms with Gasteiger partial charge in [0, 0.05) is 35.6 Å². The number of carbonyl (C=O) groups is 1. The number of hydrogen-bond acceptors (Lipinski definition) is 6. The van der Waals surface area contributed by atoms with Crippen LogP contribution in [0.3, 0.4) is 0 Å². The number of carbonyl (C=O) groups excluding carboxylic acids is 1. The highest BCUT2D eigenvalue weighted by Crippen LogP contribution is 2.46. The van der Waals surface area contributed by atoms with Crippen LogP contribution < -0.4 is 10.1 Å². The van der Waals surface area contributed by atoms with Crippen LogP contribution >= 0.6 is 0 Å². The first-order valence-electron chi connectivity index (χ1n) is 9.99. The van der Waals surface area contributed by atoms with Gasteiger partial charge < -0.3 is 10.1 Å². The first-order chi connectivity index (χ1) is 14.4. The normalized spacial score (nSPS) is 19.7. The molecule has 1 aromatic carbocycles. The van der Waals surface area contributed by atoms with Crippen LogP contribution in [0.1, 0.15) is 38.3 Å². The number of hydrogen-bond donors (Lipinski definition) is 1. The Hall–Kier alpha value is -3.48. The molecule has 7 nitrogen and oxygen atoms in total. The van der Waals surface area contributed by atoms with Crippen LogP contribution in [0, 0.1) is 5.41 Å². The minimum Gasteiger partial charge on any atom is -0.497 e. The van der Waals surface area contributed by atoms with E-state index in [2.05, 4.69) is 24.1 Å². The van der Waals surface area contributed by atoms with E-state index in [1.807, 2.05) is 41.1 Å². The van der Waals surface area contributed by atoms with Crippen molar-refractivity contribution in [2.45, 2.75) is 32.7 Å². The van der Waals surface area contributed by atoms with Crippen molar-refractivity contribution in [3.8, 4) is 17.1 Å². The van der Waals surface area contributed by atoms with Gasteiger partial charge in [-0.1, -0.05) is 26.0 Å². The van der Waals surface area contributed by atoms with E-state index in [0.29, 0.717) is 18.2 Å². The summed E-state index contributed by atoms with van der Waals surface area (Å²) in [6.45, 7) is 4.24. The molecule has 1 atom stereocenters. The van der Waals surface area contributed by atoms with Gasteiger partial charge in [0.1, 0.15) is 11.8 Å². The second-order valence-corrected chi connectivity index (χ2v) is 8.58. The van der Waals surface area contributed by atoms with Crippen molar-refractivity contribution >= 4 is 11.7 Å². The Balaban J connectivity index is 1.69. The molecule has 0 radical (unpaired) electrons. The Bertz CT molecular complexity index is 1160. The molecular formula is C23H23N5O2. The van der Waals surface area contributed by atoms with Crippen molar-refractivity contribution in [1.82, 2.24) is 19.7 Å². The summed E-state index contributed by atoms with van der Waals surface area (Å²) in [4.78, 5) is 22.2. The fourth-order valence-corrected chi connectivity index (χ4v) is 4.35. The number of nitrogens with zero attached hydrogens (tertiary/aromatic N) is 4. The van der Waals surface area contributed by atoms with Gasteiger partial charge in [-0.3, -0.25) is 9.78 Å². The Morgan fingerprint density at radius 1 is 1.20 bits per heavy atom. The number of aromatic nitrogens is 4. The standard InChI is InChI=1S/C23H23N5O2/c1-23(2)11-17-19(18(29)12-23)20(14-6-4-8-16(10-14)30-3)28-22(25-17)26-21(27-28)15-7-5-9-24-13-15/h4-10,13,20H,11-12H2,1-3H3,(H,25,26,27). The van der Waals surface area contributed by atoms with Gasteiger partial charge in [0.25, 0.3) is 0 Å². The smallest absolute Gasteiger partial charge is 0.226 e.